The number of nitrogens with zero attached hydrogens (tertiary/aromatic N) is 1. The van der Waals surface area contributed by atoms with Gasteiger partial charge in [0.2, 0.25) is 10.0 Å². The highest BCUT2D eigenvalue weighted by Crippen LogP contribution is 2.26. The molecule has 1 amide bonds. The fourth-order valence-corrected chi connectivity index (χ4v) is 3.06. The molecule has 0 radical (unpaired) electrons. The Labute approximate surface area is 127 Å². The van der Waals surface area contributed by atoms with Crippen molar-refractivity contribution in [2.75, 3.05) is 11.1 Å². The number of carbonyl (C=O) groups is 1. The number of nitrogen functional groups attached to an aromatic ring is 1. The minimum absolute atomic E-state index is 0.0553. The molecule has 1 aromatic carbocycles. The Kier molecular flexibility index (Phi) is 4.09. The largest absolute Gasteiger partial charge is 0.375 e. The standard InChI is InChI=1S/C10H9BrN4O3S2/c11-6-3-5(20(13,17)18)1-2-7(6)14-9(16)8-4-19-10(12)15-8/h1-4H,(H2,12,15)(H,14,16)(H2,13,17,18). The van der Waals surface area contributed by atoms with Gasteiger partial charge in [-0.1, -0.05) is 0 Å². The first-order valence-corrected chi connectivity index (χ1v) is 8.34. The highest BCUT2D eigenvalue weighted by molar-refractivity contribution is 9.10. The molecule has 1 heterocycles. The summed E-state index contributed by atoms with van der Waals surface area (Å²) in [6.45, 7) is 0. The third kappa shape index (κ3) is 3.33. The smallest absolute Gasteiger partial charge is 0.275 e. The van der Waals surface area contributed by atoms with Gasteiger partial charge in [-0.3, -0.25) is 4.79 Å². The van der Waals surface area contributed by atoms with E-state index in [4.69, 9.17) is 10.9 Å². The average molecular weight is 377 g/mol. The van der Waals surface area contributed by atoms with E-state index in [1.807, 2.05) is 0 Å². The number of halogens is 1. The van der Waals surface area contributed by atoms with Crippen LogP contribution in [0.1, 0.15) is 10.5 Å². The molecule has 0 spiro atoms. The Hall–Kier alpha value is -1.49. The topological polar surface area (TPSA) is 128 Å². The van der Waals surface area contributed by atoms with Crippen molar-refractivity contribution in [1.82, 2.24) is 4.98 Å². The van der Waals surface area contributed by atoms with Gasteiger partial charge in [0.1, 0.15) is 5.69 Å². The number of anilines is 2. The Morgan fingerprint density at radius 1 is 1.40 bits per heavy atom. The van der Waals surface area contributed by atoms with E-state index in [0.29, 0.717) is 15.3 Å². The maximum atomic E-state index is 11.9. The van der Waals surface area contributed by atoms with Crippen LogP contribution in [0.5, 0.6) is 0 Å². The second-order valence-electron chi connectivity index (χ2n) is 3.71. The Bertz CT molecular complexity index is 773. The van der Waals surface area contributed by atoms with Crippen molar-refractivity contribution in [3.8, 4) is 0 Å². The predicted octanol–water partition coefficient (Wildman–Crippen LogP) is 1.39. The summed E-state index contributed by atoms with van der Waals surface area (Å²) < 4.78 is 22.8. The number of aromatic nitrogens is 1. The molecule has 2 rings (SSSR count). The van der Waals surface area contributed by atoms with Gasteiger partial charge in [-0.15, -0.1) is 11.3 Å². The summed E-state index contributed by atoms with van der Waals surface area (Å²) in [6.07, 6.45) is 0. The van der Waals surface area contributed by atoms with Crippen LogP contribution in [0.4, 0.5) is 10.8 Å². The van der Waals surface area contributed by atoms with E-state index in [-0.39, 0.29) is 10.6 Å². The molecule has 0 unspecified atom stereocenters. The van der Waals surface area contributed by atoms with Crippen LogP contribution in [0.15, 0.2) is 32.9 Å². The number of thiazole rings is 1. The third-order valence-corrected chi connectivity index (χ3v) is 4.51. The van der Waals surface area contributed by atoms with Crippen LogP contribution in [-0.2, 0) is 10.0 Å². The zero-order chi connectivity index (χ0) is 14.9. The minimum atomic E-state index is -3.79. The number of sulfonamides is 1. The summed E-state index contributed by atoms with van der Waals surface area (Å²) in [4.78, 5) is 15.7. The number of carbonyl (C=O) groups excluding carboxylic acids is 1. The number of benzene rings is 1. The first kappa shape index (κ1) is 14.9. The average Bonchev–Trinajstić information content (AvgIpc) is 2.77. The summed E-state index contributed by atoms with van der Waals surface area (Å²) >= 11 is 4.32. The molecular weight excluding hydrogens is 368 g/mol. The van der Waals surface area contributed by atoms with Gasteiger partial charge in [0, 0.05) is 9.85 Å². The highest BCUT2D eigenvalue weighted by Gasteiger charge is 2.14. The van der Waals surface area contributed by atoms with Gasteiger partial charge in [-0.2, -0.15) is 0 Å². The molecule has 0 saturated carbocycles. The van der Waals surface area contributed by atoms with E-state index in [0.717, 1.165) is 11.3 Å². The monoisotopic (exact) mass is 376 g/mol. The Morgan fingerprint density at radius 2 is 2.10 bits per heavy atom. The Balaban J connectivity index is 2.25. The van der Waals surface area contributed by atoms with Crippen molar-refractivity contribution < 1.29 is 13.2 Å². The highest BCUT2D eigenvalue weighted by atomic mass is 79.9. The molecule has 0 aliphatic rings. The minimum Gasteiger partial charge on any atom is -0.375 e. The first-order chi connectivity index (χ1) is 9.27. The molecule has 20 heavy (non-hydrogen) atoms. The van der Waals surface area contributed by atoms with Crippen molar-refractivity contribution in [3.05, 3.63) is 33.7 Å². The normalized spacial score (nSPS) is 11.3. The summed E-state index contributed by atoms with van der Waals surface area (Å²) in [7, 11) is -3.79. The molecule has 1 aromatic heterocycles. The predicted molar refractivity (Wildman–Crippen MR) is 80.0 cm³/mol. The summed E-state index contributed by atoms with van der Waals surface area (Å²) in [5, 5.41) is 9.41. The van der Waals surface area contributed by atoms with Crippen LogP contribution >= 0.6 is 27.3 Å². The second kappa shape index (κ2) is 5.48. The van der Waals surface area contributed by atoms with Crippen LogP contribution in [0.25, 0.3) is 0 Å². The number of rotatable bonds is 3. The fraction of sp³-hybridized carbons (Fsp3) is 0. The number of hydrogen-bond donors (Lipinski definition) is 3. The SMILES string of the molecule is Nc1nc(C(=O)Nc2ccc(S(N)(=O)=O)cc2Br)cs1. The van der Waals surface area contributed by atoms with E-state index in [9.17, 15) is 13.2 Å². The van der Waals surface area contributed by atoms with Gasteiger partial charge in [-0.25, -0.2) is 18.5 Å². The van der Waals surface area contributed by atoms with Gasteiger partial charge in [0.25, 0.3) is 5.91 Å². The van der Waals surface area contributed by atoms with Crippen molar-refractivity contribution in [1.29, 1.82) is 0 Å². The van der Waals surface area contributed by atoms with Gasteiger partial charge >= 0.3 is 0 Å². The van der Waals surface area contributed by atoms with Gasteiger partial charge < -0.3 is 11.1 Å². The van der Waals surface area contributed by atoms with Crippen LogP contribution in [-0.4, -0.2) is 19.3 Å². The summed E-state index contributed by atoms with van der Waals surface area (Å²) in [5.41, 5.74) is 6.03. The number of nitrogens with two attached hydrogens (primary N) is 2. The maximum Gasteiger partial charge on any atom is 0.275 e. The molecule has 0 atom stereocenters. The molecule has 5 N–H and O–H groups in total. The maximum absolute atomic E-state index is 11.9. The van der Waals surface area contributed by atoms with Crippen LogP contribution < -0.4 is 16.2 Å². The summed E-state index contributed by atoms with van der Waals surface area (Å²) in [6, 6.07) is 4.03. The quantitative estimate of drug-likeness (QED) is 0.745. The molecule has 2 aromatic rings. The van der Waals surface area contributed by atoms with E-state index in [1.165, 1.54) is 23.6 Å². The molecule has 0 saturated heterocycles. The first-order valence-electron chi connectivity index (χ1n) is 5.12. The molecule has 0 bridgehead atoms. The van der Waals surface area contributed by atoms with Crippen molar-refractivity contribution in [2.45, 2.75) is 4.90 Å². The fourth-order valence-electron chi connectivity index (χ4n) is 1.35. The molecule has 0 fully saturated rings. The molecule has 0 aliphatic carbocycles. The van der Waals surface area contributed by atoms with Crippen LogP contribution in [0, 0.1) is 0 Å². The third-order valence-electron chi connectivity index (χ3n) is 2.27. The van der Waals surface area contributed by atoms with E-state index >= 15 is 0 Å². The zero-order valence-electron chi connectivity index (χ0n) is 9.83. The molecule has 106 valence electrons. The van der Waals surface area contributed by atoms with E-state index < -0.39 is 15.9 Å². The van der Waals surface area contributed by atoms with Crippen LogP contribution in [0.2, 0.25) is 0 Å². The second-order valence-corrected chi connectivity index (χ2v) is 7.02. The number of hydrogen-bond acceptors (Lipinski definition) is 6. The lowest BCUT2D eigenvalue weighted by molar-refractivity contribution is 0.102. The number of primary sulfonamides is 1. The van der Waals surface area contributed by atoms with Gasteiger partial charge in [0.15, 0.2) is 5.13 Å². The van der Waals surface area contributed by atoms with Crippen LogP contribution in [0.3, 0.4) is 0 Å². The van der Waals surface area contributed by atoms with Crippen molar-refractivity contribution >= 4 is 54.0 Å². The molecule has 7 nitrogen and oxygen atoms in total. The van der Waals surface area contributed by atoms with Gasteiger partial charge in [0.05, 0.1) is 10.6 Å². The lowest BCUT2D eigenvalue weighted by Gasteiger charge is -2.07. The van der Waals surface area contributed by atoms with Gasteiger partial charge in [-0.05, 0) is 34.1 Å². The molecular formula is C10H9BrN4O3S2. The molecule has 0 aliphatic heterocycles. The lowest BCUT2D eigenvalue weighted by Crippen LogP contribution is -2.14. The number of amides is 1. The van der Waals surface area contributed by atoms with E-state index in [2.05, 4.69) is 26.2 Å². The molecule has 10 heteroatoms. The summed E-state index contributed by atoms with van der Waals surface area (Å²) in [5.74, 6) is -0.443. The van der Waals surface area contributed by atoms with E-state index in [1.54, 1.807) is 0 Å². The lowest BCUT2D eigenvalue weighted by atomic mass is 10.3. The number of nitrogens with one attached hydrogen (secondary N) is 1. The van der Waals surface area contributed by atoms with Crippen molar-refractivity contribution in [2.24, 2.45) is 5.14 Å². The van der Waals surface area contributed by atoms with Crippen molar-refractivity contribution in [3.63, 3.8) is 0 Å². The zero-order valence-corrected chi connectivity index (χ0v) is 13.0. The Morgan fingerprint density at radius 3 is 2.60 bits per heavy atom.